The molecule has 4 heterocycles. The number of carbonyl (C=O) groups is 6. The highest BCUT2D eigenvalue weighted by atomic mass is 19.4. The van der Waals surface area contributed by atoms with Crippen molar-refractivity contribution in [2.75, 3.05) is 63.5 Å². The highest BCUT2D eigenvalue weighted by Gasteiger charge is 2.43. The highest BCUT2D eigenvalue weighted by molar-refractivity contribution is 6.00. The monoisotopic (exact) mass is 1060 g/mol. The number of aryl methyl sites for hydroxylation is 2. The summed E-state index contributed by atoms with van der Waals surface area (Å²) >= 11 is 0. The Morgan fingerprint density at radius 1 is 0.907 bits per heavy atom. The van der Waals surface area contributed by atoms with Crippen molar-refractivity contribution in [2.24, 2.45) is 5.92 Å². The lowest BCUT2D eigenvalue weighted by atomic mass is 10.0. The van der Waals surface area contributed by atoms with E-state index in [9.17, 15) is 51.8 Å². The molecule has 1 aromatic carbocycles. The van der Waals surface area contributed by atoms with Gasteiger partial charge in [-0.2, -0.15) is 18.2 Å². The lowest BCUT2D eigenvalue weighted by Crippen LogP contribution is -2.42. The number of hydrogen-bond acceptors (Lipinski definition) is 17. The van der Waals surface area contributed by atoms with Gasteiger partial charge in [-0.3, -0.25) is 48.6 Å². The molecule has 3 aromatic heterocycles. The van der Waals surface area contributed by atoms with Crippen molar-refractivity contribution in [3.05, 3.63) is 64.0 Å². The largest absolute Gasteiger partial charge is 0.471 e. The molecule has 0 spiro atoms. The number of H-pyrrole nitrogens is 1. The fourth-order valence-corrected chi connectivity index (χ4v) is 7.91. The number of nitrogens with one attached hydrogen (secondary N) is 3. The normalized spacial score (nSPS) is 15.0. The number of unbranched alkanes of at least 4 members (excludes halogenated alkanes) is 1. The second-order valence-corrected chi connectivity index (χ2v) is 18.1. The van der Waals surface area contributed by atoms with Crippen LogP contribution in [0.5, 0.6) is 0 Å². The summed E-state index contributed by atoms with van der Waals surface area (Å²) < 4.78 is 64.8. The second kappa shape index (κ2) is 29.4. The number of aliphatic hydroxyl groups excluding tert-OH is 1. The number of rotatable bonds is 31. The van der Waals surface area contributed by atoms with Gasteiger partial charge in [0.2, 0.25) is 17.8 Å². The van der Waals surface area contributed by atoms with Crippen LogP contribution >= 0.6 is 0 Å². The number of esters is 1. The van der Waals surface area contributed by atoms with Crippen molar-refractivity contribution < 1.29 is 66.0 Å². The van der Waals surface area contributed by atoms with Crippen LogP contribution in [0.3, 0.4) is 0 Å². The minimum atomic E-state index is -5.34. The van der Waals surface area contributed by atoms with E-state index >= 15 is 0 Å². The lowest BCUT2D eigenvalue weighted by Gasteiger charge is -2.24. The molecule has 26 heteroatoms. The van der Waals surface area contributed by atoms with Gasteiger partial charge in [0.05, 0.1) is 63.8 Å². The first kappa shape index (κ1) is 59.1. The fourth-order valence-electron chi connectivity index (χ4n) is 7.91. The number of β-amino-alcohol motifs (C(OH)–C–C–N with tert-alkyl or cyclic N) is 1. The number of nitrogens with zero attached hydrogens (tertiary/aromatic N) is 8. The Labute approximate surface area is 430 Å². The average Bonchev–Trinajstić information content (AvgIpc) is 4.01. The molecule has 4 aromatic rings. The van der Waals surface area contributed by atoms with Gasteiger partial charge in [-0.05, 0) is 75.6 Å². The summed E-state index contributed by atoms with van der Waals surface area (Å²) in [5.74, 6) is -5.07. The quantitative estimate of drug-likeness (QED) is 0.0413. The van der Waals surface area contributed by atoms with Crippen molar-refractivity contribution in [3.63, 3.8) is 0 Å². The molecule has 1 aliphatic rings. The van der Waals surface area contributed by atoms with E-state index in [0.29, 0.717) is 96.2 Å². The van der Waals surface area contributed by atoms with E-state index < -0.39 is 60.0 Å². The molecule has 23 nitrogen and oxygen atoms in total. The molecule has 75 heavy (non-hydrogen) atoms. The topological polar surface area (TPSA) is 292 Å². The lowest BCUT2D eigenvalue weighted by molar-refractivity contribution is -0.170. The van der Waals surface area contributed by atoms with E-state index in [1.54, 1.807) is 23.4 Å². The number of ether oxygens (including phenoxy) is 4. The summed E-state index contributed by atoms with van der Waals surface area (Å²) in [7, 11) is 1.11. The third-order valence-corrected chi connectivity index (χ3v) is 12.0. The molecule has 1 aliphatic heterocycles. The first-order valence-electron chi connectivity index (χ1n) is 24.9. The summed E-state index contributed by atoms with van der Waals surface area (Å²) in [5.41, 5.74) is -1.19. The molecule has 0 aliphatic carbocycles. The molecule has 0 bridgehead atoms. The zero-order chi connectivity index (χ0) is 54.5. The maximum absolute atomic E-state index is 13.8. The number of alkyl halides is 3. The molecular weight excluding hydrogens is 992 g/mol. The SMILES string of the molecule is CC[C@@H]1C[C@@H](O)CN1C(=O)CCCc1cn(CCCOCCOCCOCCCCC(=O)CC[C@H](NC(=O)c2ccc(N(Cc3cnc4nc(NC(=O)C(C)C)[nH]c(=O)c4n3)C(=O)C(F)(F)F)cc2)C(=O)OC)nn1. The Bertz CT molecular complexity index is 2600. The predicted octanol–water partition coefficient (Wildman–Crippen LogP) is 3.62. The Morgan fingerprint density at radius 3 is 2.27 bits per heavy atom. The third kappa shape index (κ3) is 18.8. The maximum atomic E-state index is 13.8. The Hall–Kier alpha value is -6.77. The number of ketones is 1. The average molecular weight is 1060 g/mol. The van der Waals surface area contributed by atoms with E-state index in [4.69, 9.17) is 18.9 Å². The molecule has 410 valence electrons. The van der Waals surface area contributed by atoms with Crippen molar-refractivity contribution in [2.45, 2.75) is 129 Å². The Balaban J connectivity index is 0.939. The van der Waals surface area contributed by atoms with Gasteiger partial charge < -0.3 is 34.3 Å². The number of aromatic nitrogens is 7. The van der Waals surface area contributed by atoms with E-state index in [1.807, 2.05) is 13.1 Å². The van der Waals surface area contributed by atoms with E-state index in [2.05, 4.69) is 40.9 Å². The molecular formula is C49H66F3N11O12. The van der Waals surface area contributed by atoms with Crippen molar-refractivity contribution in [1.82, 2.24) is 45.1 Å². The molecule has 3 atom stereocenters. The van der Waals surface area contributed by atoms with E-state index in [0.717, 1.165) is 56.1 Å². The van der Waals surface area contributed by atoms with Gasteiger partial charge in [-0.15, -0.1) is 5.10 Å². The number of anilines is 2. The molecule has 0 radical (unpaired) electrons. The number of methoxy groups -OCH3 is 1. The standard InChI is InChI=1S/C49H66F3N11O12/c1-5-35-26-38(65)30-62(35)40(66)12-8-10-33-28-61(60-59-33)19-9-21-74-23-25-75-24-22-73-20-7-6-11-37(64)17-18-39(46(70)72-4)55-44(68)32-13-15-36(16-14-32)63(47(71)49(50,51)52)29-34-27-53-42-41(54-34)45(69)58-48(56-42)57-43(67)31(2)3/h13-16,27-28,31,35,38-39,65H,5-12,17-26,29-30H2,1-4H3,(H,55,68)(H2,53,56,57,58,67,69)/t35-,38-,39+/m1/s1. The smallest absolute Gasteiger partial charge is 0.467 e. The van der Waals surface area contributed by atoms with Gasteiger partial charge in [-0.1, -0.05) is 26.0 Å². The van der Waals surface area contributed by atoms with Crippen LogP contribution in [0.4, 0.5) is 24.8 Å². The molecule has 0 saturated carbocycles. The van der Waals surface area contributed by atoms with Gasteiger partial charge in [0.15, 0.2) is 11.2 Å². The maximum Gasteiger partial charge on any atom is 0.471 e. The van der Waals surface area contributed by atoms with Crippen LogP contribution in [0, 0.1) is 5.92 Å². The van der Waals surface area contributed by atoms with Gasteiger partial charge in [0.1, 0.15) is 11.8 Å². The first-order chi connectivity index (χ1) is 35.9. The van der Waals surface area contributed by atoms with Crippen molar-refractivity contribution in [1.29, 1.82) is 0 Å². The zero-order valence-electron chi connectivity index (χ0n) is 42.6. The first-order valence-corrected chi connectivity index (χ1v) is 24.9. The van der Waals surface area contributed by atoms with Crippen LogP contribution < -0.4 is 21.1 Å². The molecule has 4 N–H and O–H groups in total. The van der Waals surface area contributed by atoms with Crippen LogP contribution in [0.25, 0.3) is 11.2 Å². The number of carbonyl (C=O) groups excluding carboxylic acids is 6. The Kier molecular flexibility index (Phi) is 23.1. The second-order valence-electron chi connectivity index (χ2n) is 18.1. The van der Waals surface area contributed by atoms with Gasteiger partial charge >= 0.3 is 18.1 Å². The van der Waals surface area contributed by atoms with Gasteiger partial charge in [-0.25, -0.2) is 14.8 Å². The molecule has 5 rings (SSSR count). The Morgan fingerprint density at radius 2 is 1.60 bits per heavy atom. The number of fused-ring (bicyclic) bond motifs is 1. The fraction of sp³-hybridized carbons (Fsp3) is 0.592. The van der Waals surface area contributed by atoms with Crippen LogP contribution in [-0.4, -0.2) is 158 Å². The summed E-state index contributed by atoms with van der Waals surface area (Å²) in [6, 6.07) is 3.32. The summed E-state index contributed by atoms with van der Waals surface area (Å²) in [6.07, 6.45) is 2.25. The number of aromatic amines is 1. The van der Waals surface area contributed by atoms with Gasteiger partial charge in [0.25, 0.3) is 11.5 Å². The summed E-state index contributed by atoms with van der Waals surface area (Å²) in [6.45, 7) is 7.97. The number of likely N-dealkylation sites (tertiary alicyclic amines) is 1. The molecule has 1 saturated heterocycles. The summed E-state index contributed by atoms with van der Waals surface area (Å²) in [4.78, 5) is 105. The molecule has 0 unspecified atom stereocenters. The molecule has 1 fully saturated rings. The van der Waals surface area contributed by atoms with Crippen LogP contribution in [-0.2, 0) is 62.4 Å². The van der Waals surface area contributed by atoms with Crippen molar-refractivity contribution in [3.8, 4) is 0 Å². The van der Waals surface area contributed by atoms with Crippen molar-refractivity contribution >= 4 is 58.2 Å². The van der Waals surface area contributed by atoms with Crippen LogP contribution in [0.1, 0.15) is 107 Å². The number of aliphatic hydroxyl groups is 1. The zero-order valence-corrected chi connectivity index (χ0v) is 42.6. The number of benzene rings is 1. The number of hydrogen-bond donors (Lipinski definition) is 4. The number of Topliss-reactive ketones (excluding diaryl/α,β-unsaturated/α-hetero) is 1. The number of amides is 4. The minimum absolute atomic E-state index is 0.0576. The highest BCUT2D eigenvalue weighted by Crippen LogP contribution is 2.27. The van der Waals surface area contributed by atoms with E-state index in [1.165, 1.54) is 0 Å². The van der Waals surface area contributed by atoms with Gasteiger partial charge in [0, 0.05) is 75.0 Å². The third-order valence-electron chi connectivity index (χ3n) is 12.0. The van der Waals surface area contributed by atoms with Crippen LogP contribution in [0.15, 0.2) is 41.5 Å². The summed E-state index contributed by atoms with van der Waals surface area (Å²) in [5, 5.41) is 23.2. The molecule has 4 amide bonds. The minimum Gasteiger partial charge on any atom is -0.467 e. The van der Waals surface area contributed by atoms with Crippen LogP contribution in [0.2, 0.25) is 0 Å². The number of halogens is 3. The van der Waals surface area contributed by atoms with E-state index in [-0.39, 0.29) is 71.1 Å². The predicted molar refractivity (Wildman–Crippen MR) is 263 cm³/mol.